The lowest BCUT2D eigenvalue weighted by Crippen LogP contribution is -2.00. The number of nitrogens with one attached hydrogen (secondary N) is 1. The third-order valence-corrected chi connectivity index (χ3v) is 2.89. The van der Waals surface area contributed by atoms with E-state index in [1.807, 2.05) is 17.8 Å². The number of benzene rings is 1. The monoisotopic (exact) mass is 317 g/mol. The molecule has 1 aromatic heterocycles. The summed E-state index contributed by atoms with van der Waals surface area (Å²) in [6.07, 6.45) is 3.55. The Labute approximate surface area is 100 Å². The molecule has 3 nitrogen and oxygen atoms in total. The van der Waals surface area contributed by atoms with E-state index >= 15 is 0 Å². The molecule has 0 saturated carbocycles. The number of hydrogen-bond donors (Lipinski definition) is 1. The molecule has 0 atom stereocenters. The van der Waals surface area contributed by atoms with E-state index in [0.717, 1.165) is 15.2 Å². The first-order valence-electron chi connectivity index (χ1n) is 4.36. The molecule has 1 aromatic carbocycles. The van der Waals surface area contributed by atoms with Crippen molar-refractivity contribution in [2.45, 2.75) is 0 Å². The maximum atomic E-state index is 12.9. The van der Waals surface area contributed by atoms with Crippen LogP contribution in [0.2, 0.25) is 0 Å². The van der Waals surface area contributed by atoms with Crippen molar-refractivity contribution in [2.24, 2.45) is 7.05 Å². The smallest absolute Gasteiger partial charge is 0.207 e. The van der Waals surface area contributed by atoms with Gasteiger partial charge in [-0.2, -0.15) is 0 Å². The standard InChI is InChI=1S/C10H9FIN3/c1-15-5-4-13-10(15)14-9-3-2-7(11)6-8(9)12/h2-6H,1H3,(H,13,14). The zero-order valence-electron chi connectivity index (χ0n) is 8.04. The molecule has 0 fully saturated rings. The quantitative estimate of drug-likeness (QED) is 0.863. The fourth-order valence-electron chi connectivity index (χ4n) is 1.20. The lowest BCUT2D eigenvalue weighted by Gasteiger charge is -2.07. The van der Waals surface area contributed by atoms with E-state index in [1.165, 1.54) is 12.1 Å². The van der Waals surface area contributed by atoms with Crippen LogP contribution >= 0.6 is 22.6 Å². The Hall–Kier alpha value is -1.11. The molecule has 15 heavy (non-hydrogen) atoms. The van der Waals surface area contributed by atoms with Gasteiger partial charge in [0.15, 0.2) is 0 Å². The molecule has 2 rings (SSSR count). The average molecular weight is 317 g/mol. The van der Waals surface area contributed by atoms with E-state index in [9.17, 15) is 4.39 Å². The second-order valence-electron chi connectivity index (χ2n) is 3.11. The van der Waals surface area contributed by atoms with Gasteiger partial charge in [-0.3, -0.25) is 0 Å². The summed E-state index contributed by atoms with van der Waals surface area (Å²) in [5.74, 6) is 0.504. The lowest BCUT2D eigenvalue weighted by molar-refractivity contribution is 0.627. The fourth-order valence-corrected chi connectivity index (χ4v) is 1.81. The van der Waals surface area contributed by atoms with Crippen LogP contribution in [0.3, 0.4) is 0 Å². The normalized spacial score (nSPS) is 10.3. The van der Waals surface area contributed by atoms with Gasteiger partial charge in [0.05, 0.1) is 5.69 Å². The third-order valence-electron chi connectivity index (χ3n) is 2.00. The van der Waals surface area contributed by atoms with Gasteiger partial charge in [-0.15, -0.1) is 0 Å². The van der Waals surface area contributed by atoms with Crippen LogP contribution in [-0.4, -0.2) is 9.55 Å². The van der Waals surface area contributed by atoms with E-state index in [4.69, 9.17) is 0 Å². The number of aryl methyl sites for hydroxylation is 1. The predicted octanol–water partition coefficient (Wildman–Crippen LogP) is 2.91. The van der Waals surface area contributed by atoms with E-state index in [2.05, 4.69) is 32.9 Å². The minimum absolute atomic E-state index is 0.232. The van der Waals surface area contributed by atoms with Crippen molar-refractivity contribution in [1.82, 2.24) is 9.55 Å². The van der Waals surface area contributed by atoms with Crippen LogP contribution in [0.5, 0.6) is 0 Å². The molecule has 0 bridgehead atoms. The summed E-state index contributed by atoms with van der Waals surface area (Å²) in [6, 6.07) is 4.60. The van der Waals surface area contributed by atoms with Crippen LogP contribution < -0.4 is 5.32 Å². The summed E-state index contributed by atoms with van der Waals surface area (Å²) in [5, 5.41) is 3.13. The number of aromatic nitrogens is 2. The van der Waals surface area contributed by atoms with Crippen molar-refractivity contribution in [1.29, 1.82) is 0 Å². The maximum absolute atomic E-state index is 12.9. The zero-order valence-corrected chi connectivity index (χ0v) is 10.2. The Morgan fingerprint density at radius 3 is 2.87 bits per heavy atom. The number of halogens is 2. The van der Waals surface area contributed by atoms with Gasteiger partial charge in [0, 0.05) is 23.0 Å². The highest BCUT2D eigenvalue weighted by atomic mass is 127. The van der Waals surface area contributed by atoms with Crippen molar-refractivity contribution in [3.63, 3.8) is 0 Å². The van der Waals surface area contributed by atoms with E-state index < -0.39 is 0 Å². The van der Waals surface area contributed by atoms with Crippen molar-refractivity contribution in [2.75, 3.05) is 5.32 Å². The fraction of sp³-hybridized carbons (Fsp3) is 0.100. The molecular weight excluding hydrogens is 308 g/mol. The van der Waals surface area contributed by atoms with Crippen molar-refractivity contribution in [3.05, 3.63) is 40.0 Å². The topological polar surface area (TPSA) is 29.9 Å². The van der Waals surface area contributed by atoms with Gasteiger partial charge in [0.25, 0.3) is 0 Å². The Bertz CT molecular complexity index is 481. The molecule has 0 aliphatic rings. The lowest BCUT2D eigenvalue weighted by atomic mass is 10.3. The maximum Gasteiger partial charge on any atom is 0.207 e. The van der Waals surface area contributed by atoms with E-state index in [0.29, 0.717) is 0 Å². The summed E-state index contributed by atoms with van der Waals surface area (Å²) in [4.78, 5) is 4.13. The minimum Gasteiger partial charge on any atom is -0.325 e. The van der Waals surface area contributed by atoms with E-state index in [-0.39, 0.29) is 5.82 Å². The Morgan fingerprint density at radius 2 is 2.27 bits per heavy atom. The van der Waals surface area contributed by atoms with Crippen LogP contribution in [-0.2, 0) is 7.05 Å². The predicted molar refractivity (Wildman–Crippen MR) is 65.6 cm³/mol. The first-order valence-corrected chi connectivity index (χ1v) is 5.44. The van der Waals surface area contributed by atoms with Gasteiger partial charge in [-0.05, 0) is 40.8 Å². The minimum atomic E-state index is -0.232. The first kappa shape index (κ1) is 10.4. The van der Waals surface area contributed by atoms with E-state index in [1.54, 1.807) is 12.3 Å². The highest BCUT2D eigenvalue weighted by Gasteiger charge is 2.04. The molecule has 5 heteroatoms. The van der Waals surface area contributed by atoms with Gasteiger partial charge >= 0.3 is 0 Å². The summed E-state index contributed by atoms with van der Waals surface area (Å²) in [6.45, 7) is 0. The molecule has 0 aliphatic carbocycles. The number of hydrogen-bond acceptors (Lipinski definition) is 2. The second kappa shape index (κ2) is 4.18. The molecule has 78 valence electrons. The van der Waals surface area contributed by atoms with Crippen LogP contribution in [0.25, 0.3) is 0 Å². The molecule has 2 aromatic rings. The molecule has 0 aliphatic heterocycles. The Balaban J connectivity index is 2.29. The highest BCUT2D eigenvalue weighted by Crippen LogP contribution is 2.22. The van der Waals surface area contributed by atoms with Gasteiger partial charge in [-0.25, -0.2) is 9.37 Å². The summed E-state index contributed by atoms with van der Waals surface area (Å²) < 4.78 is 15.5. The molecule has 0 spiro atoms. The Morgan fingerprint density at radius 1 is 1.47 bits per heavy atom. The van der Waals surface area contributed by atoms with Crippen LogP contribution in [0.4, 0.5) is 16.0 Å². The van der Waals surface area contributed by atoms with Crippen LogP contribution in [0.15, 0.2) is 30.6 Å². The first-order chi connectivity index (χ1) is 7.16. The summed E-state index contributed by atoms with van der Waals surface area (Å²) >= 11 is 2.08. The summed E-state index contributed by atoms with van der Waals surface area (Å²) in [5.41, 5.74) is 0.853. The zero-order chi connectivity index (χ0) is 10.8. The number of rotatable bonds is 2. The molecular formula is C10H9FIN3. The molecule has 0 saturated heterocycles. The molecule has 0 amide bonds. The largest absolute Gasteiger partial charge is 0.325 e. The van der Waals surface area contributed by atoms with Crippen molar-refractivity contribution in [3.8, 4) is 0 Å². The van der Waals surface area contributed by atoms with Crippen LogP contribution in [0, 0.1) is 9.39 Å². The van der Waals surface area contributed by atoms with Crippen LogP contribution in [0.1, 0.15) is 0 Å². The molecule has 0 radical (unpaired) electrons. The average Bonchev–Trinajstić information content (AvgIpc) is 2.57. The highest BCUT2D eigenvalue weighted by molar-refractivity contribution is 14.1. The second-order valence-corrected chi connectivity index (χ2v) is 4.27. The van der Waals surface area contributed by atoms with Gasteiger partial charge in [0.1, 0.15) is 5.82 Å². The summed E-state index contributed by atoms with van der Waals surface area (Å²) in [7, 11) is 1.89. The van der Waals surface area contributed by atoms with Gasteiger partial charge in [0.2, 0.25) is 5.95 Å². The van der Waals surface area contributed by atoms with Crippen molar-refractivity contribution < 1.29 is 4.39 Å². The molecule has 1 heterocycles. The molecule has 0 unspecified atom stereocenters. The Kier molecular flexibility index (Phi) is 2.90. The SMILES string of the molecule is Cn1ccnc1Nc1ccc(F)cc1I. The molecule has 1 N–H and O–H groups in total. The van der Waals surface area contributed by atoms with Gasteiger partial charge < -0.3 is 9.88 Å². The third kappa shape index (κ3) is 2.28. The number of imidazole rings is 1. The van der Waals surface area contributed by atoms with Gasteiger partial charge in [-0.1, -0.05) is 0 Å². The number of nitrogens with zero attached hydrogens (tertiary/aromatic N) is 2. The van der Waals surface area contributed by atoms with Crippen molar-refractivity contribution >= 4 is 34.2 Å². The number of anilines is 2.